The van der Waals surface area contributed by atoms with Gasteiger partial charge in [-0.15, -0.1) is 0 Å². The lowest BCUT2D eigenvalue weighted by atomic mass is 10.00. The van der Waals surface area contributed by atoms with Crippen molar-refractivity contribution in [3.63, 3.8) is 0 Å². The average Bonchev–Trinajstić information content (AvgIpc) is 2.94. The van der Waals surface area contributed by atoms with Gasteiger partial charge in [-0.1, -0.05) is 12.1 Å². The van der Waals surface area contributed by atoms with Crippen molar-refractivity contribution in [2.75, 3.05) is 0 Å². The predicted molar refractivity (Wildman–Crippen MR) is 90.6 cm³/mol. The first-order valence-electron chi connectivity index (χ1n) is 7.31. The number of aryl methyl sites for hydroxylation is 1. The largest absolute Gasteiger partial charge is 0.478 e. The molecule has 2 heterocycles. The van der Waals surface area contributed by atoms with Gasteiger partial charge in [-0.2, -0.15) is 0 Å². The number of aromatic nitrogens is 2. The van der Waals surface area contributed by atoms with Gasteiger partial charge >= 0.3 is 5.97 Å². The lowest BCUT2D eigenvalue weighted by Gasteiger charge is -2.07. The molecule has 112 valence electrons. The number of pyridine rings is 1. The Morgan fingerprint density at radius 2 is 1.83 bits per heavy atom. The zero-order chi connectivity index (χ0) is 16.0. The third-order valence-corrected chi connectivity index (χ3v) is 4.19. The van der Waals surface area contributed by atoms with Crippen LogP contribution in [0.5, 0.6) is 0 Å². The van der Waals surface area contributed by atoms with Crippen LogP contribution in [0.4, 0.5) is 0 Å². The van der Waals surface area contributed by atoms with Crippen LogP contribution in [0, 0.1) is 0 Å². The maximum atomic E-state index is 11.4. The Hall–Kier alpha value is -3.14. The van der Waals surface area contributed by atoms with Crippen LogP contribution in [-0.4, -0.2) is 20.6 Å². The summed E-state index contributed by atoms with van der Waals surface area (Å²) in [4.78, 5) is 15.7. The molecule has 0 atom stereocenters. The lowest BCUT2D eigenvalue weighted by Crippen LogP contribution is -1.98. The van der Waals surface area contributed by atoms with Gasteiger partial charge in [-0.25, -0.2) is 4.79 Å². The fraction of sp³-hybridized carbons (Fsp3) is 0.0526. The minimum absolute atomic E-state index is 0.276. The van der Waals surface area contributed by atoms with Crippen LogP contribution < -0.4 is 0 Å². The summed E-state index contributed by atoms with van der Waals surface area (Å²) in [6.45, 7) is 0. The van der Waals surface area contributed by atoms with E-state index in [0.717, 1.165) is 16.5 Å². The third kappa shape index (κ3) is 2.16. The molecule has 2 aromatic carbocycles. The summed E-state index contributed by atoms with van der Waals surface area (Å²) in [5.74, 6) is -0.937. The highest BCUT2D eigenvalue weighted by Gasteiger charge is 2.10. The molecule has 0 radical (unpaired) electrons. The highest BCUT2D eigenvalue weighted by Crippen LogP contribution is 2.28. The van der Waals surface area contributed by atoms with Crippen molar-refractivity contribution >= 4 is 27.8 Å². The SMILES string of the molecule is Cn1ccc2cc(-c3ccc4nccc(C(=O)O)c4c3)ccc21. The Labute approximate surface area is 132 Å². The Morgan fingerprint density at radius 3 is 2.65 bits per heavy atom. The zero-order valence-corrected chi connectivity index (χ0v) is 12.5. The second-order valence-electron chi connectivity index (χ2n) is 5.60. The fourth-order valence-corrected chi connectivity index (χ4v) is 2.97. The standard InChI is InChI=1S/C19H14N2O2/c1-21-9-7-14-10-12(3-5-18(14)21)13-2-4-17-16(11-13)15(19(22)23)6-8-20-17/h2-11H,1H3,(H,22,23). The fourth-order valence-electron chi connectivity index (χ4n) is 2.97. The number of nitrogens with zero attached hydrogens (tertiary/aromatic N) is 2. The van der Waals surface area contributed by atoms with E-state index in [0.29, 0.717) is 10.9 Å². The van der Waals surface area contributed by atoms with Gasteiger partial charge < -0.3 is 9.67 Å². The summed E-state index contributed by atoms with van der Waals surface area (Å²) in [5, 5.41) is 11.2. The van der Waals surface area contributed by atoms with Gasteiger partial charge in [0.1, 0.15) is 0 Å². The van der Waals surface area contributed by atoms with Crippen LogP contribution in [-0.2, 0) is 7.05 Å². The van der Waals surface area contributed by atoms with E-state index in [1.165, 1.54) is 17.8 Å². The molecule has 2 aromatic heterocycles. The van der Waals surface area contributed by atoms with Gasteiger partial charge in [0.05, 0.1) is 11.1 Å². The van der Waals surface area contributed by atoms with Gasteiger partial charge in [-0.05, 0) is 47.5 Å². The number of fused-ring (bicyclic) bond motifs is 2. The van der Waals surface area contributed by atoms with Gasteiger partial charge in [0.25, 0.3) is 0 Å². The minimum atomic E-state index is -0.937. The van der Waals surface area contributed by atoms with Crippen LogP contribution in [0.15, 0.2) is 60.9 Å². The van der Waals surface area contributed by atoms with E-state index in [9.17, 15) is 9.90 Å². The summed E-state index contributed by atoms with van der Waals surface area (Å²) in [7, 11) is 2.02. The van der Waals surface area contributed by atoms with Gasteiger partial charge in [0.2, 0.25) is 0 Å². The predicted octanol–water partition coefficient (Wildman–Crippen LogP) is 4.09. The van der Waals surface area contributed by atoms with Gasteiger partial charge in [0, 0.05) is 35.7 Å². The minimum Gasteiger partial charge on any atom is -0.478 e. The molecule has 0 fully saturated rings. The van der Waals surface area contributed by atoms with Gasteiger partial charge in [0.15, 0.2) is 0 Å². The van der Waals surface area contributed by atoms with Crippen molar-refractivity contribution < 1.29 is 9.90 Å². The molecule has 0 aliphatic rings. The molecule has 0 saturated heterocycles. The van der Waals surface area contributed by atoms with E-state index in [1.807, 2.05) is 31.4 Å². The number of hydrogen-bond acceptors (Lipinski definition) is 2. The molecule has 0 aliphatic heterocycles. The lowest BCUT2D eigenvalue weighted by molar-refractivity contribution is 0.0699. The van der Waals surface area contributed by atoms with Crippen molar-refractivity contribution in [2.24, 2.45) is 7.05 Å². The maximum Gasteiger partial charge on any atom is 0.336 e. The first kappa shape index (κ1) is 13.5. The molecule has 0 amide bonds. The molecule has 4 rings (SSSR count). The average molecular weight is 302 g/mol. The molecular formula is C19H14N2O2. The number of carbonyl (C=O) groups is 1. The highest BCUT2D eigenvalue weighted by molar-refractivity contribution is 6.03. The van der Waals surface area contributed by atoms with E-state index >= 15 is 0 Å². The second kappa shape index (κ2) is 4.95. The third-order valence-electron chi connectivity index (χ3n) is 4.19. The number of aromatic carboxylic acids is 1. The molecule has 4 heteroatoms. The number of carboxylic acid groups (broad SMARTS) is 1. The van der Waals surface area contributed by atoms with E-state index in [-0.39, 0.29) is 5.56 Å². The first-order chi connectivity index (χ1) is 11.1. The number of rotatable bonds is 2. The van der Waals surface area contributed by atoms with Crippen LogP contribution in [0.25, 0.3) is 32.9 Å². The maximum absolute atomic E-state index is 11.4. The summed E-state index contributed by atoms with van der Waals surface area (Å²) in [6.07, 6.45) is 3.56. The second-order valence-corrected chi connectivity index (χ2v) is 5.60. The molecule has 0 saturated carbocycles. The van der Waals surface area contributed by atoms with E-state index < -0.39 is 5.97 Å². The number of benzene rings is 2. The molecule has 1 N–H and O–H groups in total. The van der Waals surface area contributed by atoms with Crippen LogP contribution in [0.1, 0.15) is 10.4 Å². The normalized spacial score (nSPS) is 11.2. The van der Waals surface area contributed by atoms with Crippen molar-refractivity contribution in [1.82, 2.24) is 9.55 Å². The smallest absolute Gasteiger partial charge is 0.336 e. The molecule has 0 aliphatic carbocycles. The van der Waals surface area contributed by atoms with Crippen molar-refractivity contribution in [2.45, 2.75) is 0 Å². The Balaban J connectivity index is 1.93. The molecule has 0 spiro atoms. The zero-order valence-electron chi connectivity index (χ0n) is 12.5. The molecule has 0 unspecified atom stereocenters. The molecule has 4 nitrogen and oxygen atoms in total. The Bertz CT molecular complexity index is 1060. The molecule has 4 aromatic rings. The molecule has 0 bridgehead atoms. The van der Waals surface area contributed by atoms with Gasteiger partial charge in [-0.3, -0.25) is 4.98 Å². The van der Waals surface area contributed by atoms with Crippen LogP contribution in [0.2, 0.25) is 0 Å². The van der Waals surface area contributed by atoms with E-state index in [4.69, 9.17) is 0 Å². The summed E-state index contributed by atoms with van der Waals surface area (Å²) < 4.78 is 2.08. The monoisotopic (exact) mass is 302 g/mol. The summed E-state index contributed by atoms with van der Waals surface area (Å²) >= 11 is 0. The summed E-state index contributed by atoms with van der Waals surface area (Å²) in [5.41, 5.74) is 4.18. The topological polar surface area (TPSA) is 55.1 Å². The quantitative estimate of drug-likeness (QED) is 0.606. The number of hydrogen-bond donors (Lipinski definition) is 1. The molecule has 23 heavy (non-hydrogen) atoms. The summed E-state index contributed by atoms with van der Waals surface area (Å²) in [6, 6.07) is 15.6. The van der Waals surface area contributed by atoms with Crippen molar-refractivity contribution in [3.05, 3.63) is 66.5 Å². The van der Waals surface area contributed by atoms with Crippen LogP contribution >= 0.6 is 0 Å². The van der Waals surface area contributed by atoms with Crippen LogP contribution in [0.3, 0.4) is 0 Å². The van der Waals surface area contributed by atoms with Crippen molar-refractivity contribution in [3.8, 4) is 11.1 Å². The number of carboxylic acids is 1. The molecular weight excluding hydrogens is 288 g/mol. The van der Waals surface area contributed by atoms with E-state index in [1.54, 1.807) is 0 Å². The Kier molecular flexibility index (Phi) is 2.91. The first-order valence-corrected chi connectivity index (χ1v) is 7.31. The van der Waals surface area contributed by atoms with Crippen molar-refractivity contribution in [1.29, 1.82) is 0 Å². The highest BCUT2D eigenvalue weighted by atomic mass is 16.4. The van der Waals surface area contributed by atoms with E-state index in [2.05, 4.69) is 33.8 Å². The Morgan fingerprint density at radius 1 is 1.04 bits per heavy atom.